The van der Waals surface area contributed by atoms with E-state index in [1.165, 1.54) is 13.0 Å². The van der Waals surface area contributed by atoms with Crippen molar-refractivity contribution in [2.24, 2.45) is 0 Å². The van der Waals surface area contributed by atoms with Crippen LogP contribution in [-0.4, -0.2) is 41.7 Å². The Morgan fingerprint density at radius 3 is 2.67 bits per heavy atom. The Morgan fingerprint density at radius 2 is 2.00 bits per heavy atom. The van der Waals surface area contributed by atoms with Gasteiger partial charge in [-0.2, -0.15) is 23.4 Å². The third-order valence-corrected chi connectivity index (χ3v) is 5.55. The molecule has 12 heteroatoms. The molecule has 1 N–H and O–H groups in total. The fraction of sp³-hybridized carbons (Fsp3) is 0.333. The molecule has 5 rings (SSSR count). The average Bonchev–Trinajstić information content (AvgIpc) is 3.34. The average molecular weight is 467 g/mol. The molecule has 4 aromatic heterocycles. The molecule has 1 atom stereocenters. The molecule has 0 amide bonds. The van der Waals surface area contributed by atoms with Crippen LogP contribution in [0.5, 0.6) is 0 Å². The smallest absolute Gasteiger partial charge is 0.358 e. The van der Waals surface area contributed by atoms with E-state index < -0.39 is 43.4 Å². The Bertz CT molecular complexity index is 1480. The molecule has 1 aliphatic heterocycles. The van der Waals surface area contributed by atoms with E-state index in [2.05, 4.69) is 25.3 Å². The van der Waals surface area contributed by atoms with E-state index in [9.17, 15) is 17.6 Å². The zero-order chi connectivity index (χ0) is 26.2. The van der Waals surface area contributed by atoms with Crippen molar-refractivity contribution in [1.82, 2.24) is 29.9 Å². The molecule has 172 valence electrons. The number of hydrogen-bond acceptors (Lipinski definition) is 5. The number of aryl methyl sites for hydroxylation is 2. The highest BCUT2D eigenvalue weighted by atomic mass is 19.4. The minimum Gasteiger partial charge on any atom is -0.358 e. The lowest BCUT2D eigenvalue weighted by atomic mass is 9.95. The number of nitrogens with one attached hydrogen (secondary N) is 1. The molecular formula is C21H17F5N6O. The van der Waals surface area contributed by atoms with Gasteiger partial charge in [-0.05, 0) is 32.8 Å². The van der Waals surface area contributed by atoms with Gasteiger partial charge < -0.3 is 4.74 Å². The van der Waals surface area contributed by atoms with Crippen molar-refractivity contribution in [2.75, 3.05) is 0 Å². The van der Waals surface area contributed by atoms with Gasteiger partial charge >= 0.3 is 6.18 Å². The molecule has 1 aliphatic rings. The highest BCUT2D eigenvalue weighted by molar-refractivity contribution is 5.99. The largest absolute Gasteiger partial charge is 0.419 e. The summed E-state index contributed by atoms with van der Waals surface area (Å²) >= 11 is 0. The lowest BCUT2D eigenvalue weighted by Gasteiger charge is -2.36. The SMILES string of the molecule is [2H]C([2H])([2H])[C@]1(C(F)(F)F)Cn2nc(-c3ccc(F)cn3)c(-c3c(F)c(C)nc4n[nH]c(C)c34)c2CO1. The lowest BCUT2D eigenvalue weighted by Crippen LogP contribution is -2.51. The van der Waals surface area contributed by atoms with Crippen LogP contribution in [0.2, 0.25) is 0 Å². The van der Waals surface area contributed by atoms with Gasteiger partial charge in [-0.3, -0.25) is 14.8 Å². The Labute approximate surface area is 187 Å². The highest BCUT2D eigenvalue weighted by Crippen LogP contribution is 2.45. The minimum absolute atomic E-state index is 0.00773. The zero-order valence-corrected chi connectivity index (χ0v) is 17.2. The van der Waals surface area contributed by atoms with Crippen LogP contribution in [0.4, 0.5) is 22.0 Å². The van der Waals surface area contributed by atoms with Crippen LogP contribution in [0.3, 0.4) is 0 Å². The van der Waals surface area contributed by atoms with E-state index in [1.54, 1.807) is 6.92 Å². The van der Waals surface area contributed by atoms with Crippen LogP contribution in [0, 0.1) is 25.5 Å². The van der Waals surface area contributed by atoms with Crippen LogP contribution in [0.15, 0.2) is 18.3 Å². The maximum absolute atomic E-state index is 15.7. The van der Waals surface area contributed by atoms with Crippen molar-refractivity contribution in [3.63, 3.8) is 0 Å². The van der Waals surface area contributed by atoms with E-state index in [1.807, 2.05) is 0 Å². The number of nitrogens with zero attached hydrogens (tertiary/aromatic N) is 5. The van der Waals surface area contributed by atoms with Gasteiger partial charge in [0.1, 0.15) is 11.5 Å². The Balaban J connectivity index is 1.85. The molecule has 0 aromatic carbocycles. The van der Waals surface area contributed by atoms with E-state index in [0.29, 0.717) is 5.69 Å². The zero-order valence-electron chi connectivity index (χ0n) is 20.2. The summed E-state index contributed by atoms with van der Waals surface area (Å²) in [7, 11) is 0. The first-order valence-corrected chi connectivity index (χ1v) is 9.68. The summed E-state index contributed by atoms with van der Waals surface area (Å²) in [4.78, 5) is 8.08. The molecule has 0 unspecified atom stereocenters. The number of pyridine rings is 2. The van der Waals surface area contributed by atoms with Crippen LogP contribution < -0.4 is 0 Å². The van der Waals surface area contributed by atoms with E-state index in [-0.39, 0.29) is 44.9 Å². The maximum Gasteiger partial charge on any atom is 0.419 e. The van der Waals surface area contributed by atoms with Crippen LogP contribution >= 0.6 is 0 Å². The van der Waals surface area contributed by atoms with Crippen molar-refractivity contribution in [3.8, 4) is 22.5 Å². The first-order chi connectivity index (χ1) is 16.7. The van der Waals surface area contributed by atoms with Crippen molar-refractivity contribution < 1.29 is 30.8 Å². The molecule has 0 bridgehead atoms. The summed E-state index contributed by atoms with van der Waals surface area (Å²) in [5.74, 6) is -1.46. The molecular weight excluding hydrogens is 447 g/mol. The summed E-state index contributed by atoms with van der Waals surface area (Å²) in [5, 5.41) is 11.2. The highest BCUT2D eigenvalue weighted by Gasteiger charge is 2.55. The second kappa shape index (κ2) is 7.04. The van der Waals surface area contributed by atoms with Gasteiger partial charge in [0.2, 0.25) is 0 Å². The van der Waals surface area contributed by atoms with Gasteiger partial charge in [-0.1, -0.05) is 0 Å². The van der Waals surface area contributed by atoms with Crippen molar-refractivity contribution >= 4 is 11.0 Å². The van der Waals surface area contributed by atoms with Crippen LogP contribution in [0.1, 0.15) is 28.0 Å². The normalized spacial score (nSPS) is 20.4. The monoisotopic (exact) mass is 467 g/mol. The predicted octanol–water partition coefficient (Wildman–Crippen LogP) is 4.63. The molecule has 0 radical (unpaired) electrons. The minimum atomic E-state index is -5.27. The standard InChI is InChI=1S/C21H17F5N6O/c1-9-14-16(17(23)10(2)28-19(14)30-29-9)15-13-7-33-20(3,21(24,25)26)8-32(13)31-18(15)12-5-4-11(22)6-27-12/h4-6H,7-8H2,1-3H3,(H,28,29,30)/t20-/m1/s1/i3D3. The van der Waals surface area contributed by atoms with Gasteiger partial charge in [0.15, 0.2) is 17.1 Å². The number of aromatic amines is 1. The van der Waals surface area contributed by atoms with E-state index >= 15 is 4.39 Å². The lowest BCUT2D eigenvalue weighted by molar-refractivity contribution is -0.287. The molecule has 0 saturated heterocycles. The van der Waals surface area contributed by atoms with Crippen molar-refractivity contribution in [1.29, 1.82) is 0 Å². The quantitative estimate of drug-likeness (QED) is 0.435. The molecule has 5 heterocycles. The fourth-order valence-corrected chi connectivity index (χ4v) is 3.88. The molecule has 0 saturated carbocycles. The summed E-state index contributed by atoms with van der Waals surface area (Å²) in [6.07, 6.45) is -4.40. The van der Waals surface area contributed by atoms with Crippen molar-refractivity contribution in [2.45, 2.75) is 45.6 Å². The fourth-order valence-electron chi connectivity index (χ4n) is 3.88. The molecule has 0 fully saturated rings. The second-order valence-corrected chi connectivity index (χ2v) is 7.74. The molecule has 33 heavy (non-hydrogen) atoms. The summed E-state index contributed by atoms with van der Waals surface area (Å²) in [5.41, 5.74) is -3.10. The number of H-pyrrole nitrogens is 1. The van der Waals surface area contributed by atoms with Gasteiger partial charge in [0.05, 0.1) is 41.8 Å². The summed E-state index contributed by atoms with van der Waals surface area (Å²) < 4.78 is 100. The number of aromatic nitrogens is 6. The molecule has 0 spiro atoms. The van der Waals surface area contributed by atoms with Gasteiger partial charge in [0.25, 0.3) is 0 Å². The van der Waals surface area contributed by atoms with Gasteiger partial charge in [-0.15, -0.1) is 0 Å². The second-order valence-electron chi connectivity index (χ2n) is 7.74. The van der Waals surface area contributed by atoms with Crippen molar-refractivity contribution in [3.05, 3.63) is 47.0 Å². The topological polar surface area (TPSA) is 81.5 Å². The first-order valence-electron chi connectivity index (χ1n) is 11.2. The Kier molecular flexibility index (Phi) is 3.86. The first kappa shape index (κ1) is 18.1. The number of alkyl halides is 3. The molecule has 4 aromatic rings. The van der Waals surface area contributed by atoms with Gasteiger partial charge in [0, 0.05) is 20.9 Å². The molecule has 0 aliphatic carbocycles. The third kappa shape index (κ3) is 3.19. The van der Waals surface area contributed by atoms with Crippen LogP contribution in [0.25, 0.3) is 33.5 Å². The number of fused-ring (bicyclic) bond motifs is 2. The van der Waals surface area contributed by atoms with E-state index in [0.717, 1.165) is 16.9 Å². The summed E-state index contributed by atoms with van der Waals surface area (Å²) in [6.45, 7) is -2.64. The Morgan fingerprint density at radius 1 is 1.21 bits per heavy atom. The molecule has 7 nitrogen and oxygen atoms in total. The van der Waals surface area contributed by atoms with E-state index in [4.69, 9.17) is 8.85 Å². The summed E-state index contributed by atoms with van der Waals surface area (Å²) in [6, 6.07) is 2.30. The predicted molar refractivity (Wildman–Crippen MR) is 107 cm³/mol. The maximum atomic E-state index is 15.7. The number of halogens is 5. The number of rotatable bonds is 2. The number of hydrogen-bond donors (Lipinski definition) is 1. The Hall–Kier alpha value is -3.41. The third-order valence-electron chi connectivity index (χ3n) is 5.55. The van der Waals surface area contributed by atoms with Crippen LogP contribution in [-0.2, 0) is 17.9 Å². The van der Waals surface area contributed by atoms with Gasteiger partial charge in [-0.25, -0.2) is 13.8 Å². The number of ether oxygens (including phenoxy) is 1.